The molecule has 3 rings (SSSR count). The number of aliphatic hydroxyl groups excluding tert-OH is 1. The van der Waals surface area contributed by atoms with Gasteiger partial charge >= 0.3 is 0 Å². The summed E-state index contributed by atoms with van der Waals surface area (Å²) in [4.78, 5) is 3.14. The normalized spacial score (nSPS) is 21.8. The van der Waals surface area contributed by atoms with Crippen LogP contribution in [0, 0.1) is 0 Å². The van der Waals surface area contributed by atoms with E-state index in [1.807, 2.05) is 30.3 Å². The average molecular weight is 342 g/mol. The summed E-state index contributed by atoms with van der Waals surface area (Å²) in [6, 6.07) is 20.8. The molecule has 134 valence electrons. The fourth-order valence-electron chi connectivity index (χ4n) is 3.50. The van der Waals surface area contributed by atoms with E-state index in [1.54, 1.807) is 4.90 Å². The minimum Gasteiger partial charge on any atom is -0.385 e. The molecule has 4 nitrogen and oxygen atoms in total. The monoisotopic (exact) mass is 342 g/mol. The molecular formula is C21H30N2O2+2. The Morgan fingerprint density at radius 3 is 2.00 bits per heavy atom. The van der Waals surface area contributed by atoms with Gasteiger partial charge in [-0.2, -0.15) is 0 Å². The zero-order valence-corrected chi connectivity index (χ0v) is 14.9. The summed E-state index contributed by atoms with van der Waals surface area (Å²) in [5, 5.41) is 10.2. The number of aliphatic hydroxyl groups is 1. The molecule has 1 fully saturated rings. The fraction of sp³-hybridized carbons (Fsp3) is 0.429. The Hall–Kier alpha value is -1.72. The van der Waals surface area contributed by atoms with Crippen molar-refractivity contribution >= 4 is 0 Å². The maximum atomic E-state index is 10.2. The smallest absolute Gasteiger partial charge is 0.127 e. The molecule has 0 bridgehead atoms. The maximum Gasteiger partial charge on any atom is 0.127 e. The Morgan fingerprint density at radius 2 is 1.36 bits per heavy atom. The first kappa shape index (κ1) is 18.1. The van der Waals surface area contributed by atoms with Crippen LogP contribution in [0.2, 0.25) is 0 Å². The molecular weight excluding hydrogens is 312 g/mol. The van der Waals surface area contributed by atoms with Crippen molar-refractivity contribution in [1.29, 1.82) is 0 Å². The molecule has 2 aromatic carbocycles. The number of nitrogens with one attached hydrogen (secondary N) is 2. The van der Waals surface area contributed by atoms with Gasteiger partial charge in [-0.3, -0.25) is 0 Å². The molecule has 1 aliphatic rings. The van der Waals surface area contributed by atoms with Crippen LogP contribution in [0.5, 0.6) is 0 Å². The van der Waals surface area contributed by atoms with E-state index in [2.05, 4.69) is 30.3 Å². The fourth-order valence-corrected chi connectivity index (χ4v) is 3.50. The highest BCUT2D eigenvalue weighted by molar-refractivity contribution is 5.13. The quantitative estimate of drug-likeness (QED) is 0.608. The average Bonchev–Trinajstić information content (AvgIpc) is 2.65. The largest absolute Gasteiger partial charge is 0.385 e. The first-order chi connectivity index (χ1) is 12.3. The van der Waals surface area contributed by atoms with E-state index in [4.69, 9.17) is 4.74 Å². The minimum atomic E-state index is -0.380. The topological polar surface area (TPSA) is 38.3 Å². The van der Waals surface area contributed by atoms with Gasteiger partial charge in [-0.15, -0.1) is 0 Å². The van der Waals surface area contributed by atoms with Gasteiger partial charge in [0, 0.05) is 5.56 Å². The van der Waals surface area contributed by atoms with Crippen LogP contribution in [0.3, 0.4) is 0 Å². The molecule has 0 amide bonds. The van der Waals surface area contributed by atoms with E-state index < -0.39 is 0 Å². The summed E-state index contributed by atoms with van der Waals surface area (Å²) in [6.45, 7) is 7.46. The van der Waals surface area contributed by atoms with Crippen LogP contribution in [0.4, 0.5) is 0 Å². The van der Waals surface area contributed by atoms with Crippen LogP contribution in [0.25, 0.3) is 0 Å². The van der Waals surface area contributed by atoms with Gasteiger partial charge < -0.3 is 19.6 Å². The van der Waals surface area contributed by atoms with Gasteiger partial charge in [0.1, 0.15) is 45.4 Å². The van der Waals surface area contributed by atoms with E-state index >= 15 is 0 Å². The predicted molar refractivity (Wildman–Crippen MR) is 98.5 cm³/mol. The zero-order valence-electron chi connectivity index (χ0n) is 14.9. The van der Waals surface area contributed by atoms with Crippen molar-refractivity contribution < 1.29 is 19.6 Å². The molecule has 1 heterocycles. The van der Waals surface area contributed by atoms with E-state index in [0.29, 0.717) is 13.2 Å². The molecule has 1 atom stereocenters. The molecule has 0 saturated carbocycles. The molecule has 0 aromatic heterocycles. The van der Waals surface area contributed by atoms with Crippen molar-refractivity contribution in [3.8, 4) is 0 Å². The Morgan fingerprint density at radius 1 is 0.800 bits per heavy atom. The molecule has 0 aliphatic carbocycles. The van der Waals surface area contributed by atoms with Gasteiger partial charge in [0.15, 0.2) is 0 Å². The second-order valence-electron chi connectivity index (χ2n) is 7.02. The molecule has 0 spiro atoms. The van der Waals surface area contributed by atoms with Crippen LogP contribution in [0.1, 0.15) is 11.1 Å². The third-order valence-corrected chi connectivity index (χ3v) is 4.91. The highest BCUT2D eigenvalue weighted by Gasteiger charge is 2.24. The van der Waals surface area contributed by atoms with Crippen LogP contribution in [-0.2, 0) is 17.9 Å². The number of ether oxygens (including phenoxy) is 1. The highest BCUT2D eigenvalue weighted by atomic mass is 16.5. The van der Waals surface area contributed by atoms with Crippen molar-refractivity contribution in [2.45, 2.75) is 19.3 Å². The van der Waals surface area contributed by atoms with Gasteiger partial charge in [-0.05, 0) is 5.56 Å². The van der Waals surface area contributed by atoms with Crippen molar-refractivity contribution in [3.63, 3.8) is 0 Å². The summed E-state index contributed by atoms with van der Waals surface area (Å²) in [7, 11) is 0. The molecule has 0 radical (unpaired) electrons. The van der Waals surface area contributed by atoms with Gasteiger partial charge in [0.25, 0.3) is 0 Å². The van der Waals surface area contributed by atoms with E-state index in [-0.39, 0.29) is 6.10 Å². The standard InChI is InChI=1S/C21H28N2O2/c24-21(18-25-17-20-9-5-2-6-10-20)16-23-13-11-22(12-14-23)15-19-7-3-1-4-8-19/h1-10,21,24H,11-18H2/p+2/t21-/m0/s1. The van der Waals surface area contributed by atoms with Gasteiger partial charge in [-0.1, -0.05) is 60.7 Å². The molecule has 4 heteroatoms. The lowest BCUT2D eigenvalue weighted by Gasteiger charge is -2.30. The Balaban J connectivity index is 1.31. The Labute approximate surface area is 150 Å². The van der Waals surface area contributed by atoms with Crippen LogP contribution in [0.15, 0.2) is 60.7 Å². The first-order valence-electron chi connectivity index (χ1n) is 9.30. The third kappa shape index (κ3) is 6.25. The second kappa shape index (κ2) is 9.68. The van der Waals surface area contributed by atoms with Crippen LogP contribution >= 0.6 is 0 Å². The van der Waals surface area contributed by atoms with E-state index in [9.17, 15) is 5.11 Å². The lowest BCUT2D eigenvalue weighted by molar-refractivity contribution is -1.02. The zero-order chi connectivity index (χ0) is 17.3. The first-order valence-corrected chi connectivity index (χ1v) is 9.30. The van der Waals surface area contributed by atoms with Crippen molar-refractivity contribution in [2.24, 2.45) is 0 Å². The molecule has 25 heavy (non-hydrogen) atoms. The van der Waals surface area contributed by atoms with Crippen molar-refractivity contribution in [2.75, 3.05) is 39.3 Å². The maximum absolute atomic E-state index is 10.2. The number of benzene rings is 2. The number of hydrogen-bond donors (Lipinski definition) is 3. The number of piperazine rings is 1. The summed E-state index contributed by atoms with van der Waals surface area (Å²) in [5.41, 5.74) is 2.57. The molecule has 2 aromatic rings. The minimum absolute atomic E-state index is 0.380. The highest BCUT2D eigenvalue weighted by Crippen LogP contribution is 2.00. The molecule has 0 unspecified atom stereocenters. The second-order valence-corrected chi connectivity index (χ2v) is 7.02. The van der Waals surface area contributed by atoms with Gasteiger partial charge in [0.05, 0.1) is 13.2 Å². The third-order valence-electron chi connectivity index (χ3n) is 4.91. The molecule has 1 saturated heterocycles. The summed E-state index contributed by atoms with van der Waals surface area (Å²) in [5.74, 6) is 0. The van der Waals surface area contributed by atoms with Crippen molar-refractivity contribution in [3.05, 3.63) is 71.8 Å². The van der Waals surface area contributed by atoms with E-state index in [0.717, 1.165) is 31.7 Å². The molecule has 3 N–H and O–H groups in total. The van der Waals surface area contributed by atoms with Crippen LogP contribution < -0.4 is 9.80 Å². The number of rotatable bonds is 8. The Bertz CT molecular complexity index is 598. The SMILES string of the molecule is O[C@H](COCc1ccccc1)C[NH+]1CC[NH+](Cc2ccccc2)CC1. The predicted octanol–water partition coefficient (Wildman–Crippen LogP) is -0.452. The lowest BCUT2D eigenvalue weighted by atomic mass is 10.2. The lowest BCUT2D eigenvalue weighted by Crippen LogP contribution is -3.28. The van der Waals surface area contributed by atoms with Crippen molar-refractivity contribution in [1.82, 2.24) is 0 Å². The van der Waals surface area contributed by atoms with E-state index in [1.165, 1.54) is 23.6 Å². The number of quaternary nitrogens is 2. The summed E-state index contributed by atoms with van der Waals surface area (Å²) >= 11 is 0. The van der Waals surface area contributed by atoms with Gasteiger partial charge in [0.2, 0.25) is 0 Å². The van der Waals surface area contributed by atoms with Gasteiger partial charge in [-0.25, -0.2) is 0 Å². The Kier molecular flexibility index (Phi) is 7.00. The summed E-state index contributed by atoms with van der Waals surface area (Å²) in [6.07, 6.45) is -0.380. The molecule has 1 aliphatic heterocycles. The van der Waals surface area contributed by atoms with Crippen LogP contribution in [-0.4, -0.2) is 50.5 Å². The number of hydrogen-bond acceptors (Lipinski definition) is 2. The summed E-state index contributed by atoms with van der Waals surface area (Å²) < 4.78 is 5.65.